The molecule has 1 fully saturated rings. The average molecular weight is 230 g/mol. The van der Waals surface area contributed by atoms with E-state index in [0.717, 1.165) is 0 Å². The SMILES string of the molecule is CC(C)(C)OC(=O)N[C@]1(C(=O)O)CCNC1. The minimum absolute atomic E-state index is 0.224. The third-order valence-corrected chi connectivity index (χ3v) is 2.30. The zero-order chi connectivity index (χ0) is 12.4. The molecular weight excluding hydrogens is 212 g/mol. The van der Waals surface area contributed by atoms with E-state index in [-0.39, 0.29) is 6.54 Å². The van der Waals surface area contributed by atoms with Gasteiger partial charge in [0.05, 0.1) is 0 Å². The summed E-state index contributed by atoms with van der Waals surface area (Å²) in [5.74, 6) is -1.04. The fourth-order valence-electron chi connectivity index (χ4n) is 1.53. The Hall–Kier alpha value is -1.30. The molecule has 1 rings (SSSR count). The van der Waals surface area contributed by atoms with Crippen LogP contribution in [0.5, 0.6) is 0 Å². The quantitative estimate of drug-likeness (QED) is 0.636. The highest BCUT2D eigenvalue weighted by Crippen LogP contribution is 2.16. The molecule has 1 atom stereocenters. The van der Waals surface area contributed by atoms with Crippen molar-refractivity contribution < 1.29 is 19.4 Å². The highest BCUT2D eigenvalue weighted by atomic mass is 16.6. The molecule has 0 saturated carbocycles. The van der Waals surface area contributed by atoms with Crippen molar-refractivity contribution in [2.75, 3.05) is 13.1 Å². The first-order valence-electron chi connectivity index (χ1n) is 5.20. The molecule has 0 aromatic rings. The zero-order valence-electron chi connectivity index (χ0n) is 9.79. The molecule has 6 nitrogen and oxygen atoms in total. The lowest BCUT2D eigenvalue weighted by molar-refractivity contribution is -0.144. The summed E-state index contributed by atoms with van der Waals surface area (Å²) in [6.07, 6.45) is -0.333. The van der Waals surface area contributed by atoms with Crippen molar-refractivity contribution in [1.29, 1.82) is 0 Å². The van der Waals surface area contributed by atoms with E-state index in [4.69, 9.17) is 9.84 Å². The van der Waals surface area contributed by atoms with Crippen molar-refractivity contribution in [3.63, 3.8) is 0 Å². The number of nitrogens with one attached hydrogen (secondary N) is 2. The summed E-state index contributed by atoms with van der Waals surface area (Å²) >= 11 is 0. The van der Waals surface area contributed by atoms with Crippen molar-refractivity contribution in [3.05, 3.63) is 0 Å². The van der Waals surface area contributed by atoms with E-state index in [9.17, 15) is 9.59 Å². The van der Waals surface area contributed by atoms with Crippen LogP contribution in [-0.2, 0) is 9.53 Å². The first-order chi connectivity index (χ1) is 7.25. The van der Waals surface area contributed by atoms with Gasteiger partial charge in [0, 0.05) is 6.54 Å². The maximum absolute atomic E-state index is 11.5. The number of carbonyl (C=O) groups is 2. The van der Waals surface area contributed by atoms with Crippen LogP contribution in [0.15, 0.2) is 0 Å². The summed E-state index contributed by atoms with van der Waals surface area (Å²) in [6, 6.07) is 0. The predicted molar refractivity (Wildman–Crippen MR) is 57.2 cm³/mol. The normalized spacial score (nSPS) is 25.2. The summed E-state index contributed by atoms with van der Waals surface area (Å²) < 4.78 is 5.03. The van der Waals surface area contributed by atoms with Gasteiger partial charge in [-0.3, -0.25) is 0 Å². The number of amides is 1. The van der Waals surface area contributed by atoms with Crippen LogP contribution in [0.1, 0.15) is 27.2 Å². The molecule has 0 radical (unpaired) electrons. The van der Waals surface area contributed by atoms with Crippen LogP contribution in [0.25, 0.3) is 0 Å². The van der Waals surface area contributed by atoms with E-state index in [1.54, 1.807) is 20.8 Å². The fraction of sp³-hybridized carbons (Fsp3) is 0.800. The Balaban J connectivity index is 2.63. The second-order valence-corrected chi connectivity index (χ2v) is 4.94. The molecule has 16 heavy (non-hydrogen) atoms. The lowest BCUT2D eigenvalue weighted by atomic mass is 9.99. The van der Waals surface area contributed by atoms with Crippen LogP contribution in [0, 0.1) is 0 Å². The summed E-state index contributed by atoms with van der Waals surface area (Å²) in [4.78, 5) is 22.6. The summed E-state index contributed by atoms with van der Waals surface area (Å²) in [7, 11) is 0. The van der Waals surface area contributed by atoms with Gasteiger partial charge >= 0.3 is 12.1 Å². The smallest absolute Gasteiger partial charge is 0.408 e. The molecule has 1 saturated heterocycles. The first kappa shape index (κ1) is 12.8. The van der Waals surface area contributed by atoms with Crippen LogP contribution < -0.4 is 10.6 Å². The van der Waals surface area contributed by atoms with E-state index in [1.165, 1.54) is 0 Å². The number of ether oxygens (including phenoxy) is 1. The summed E-state index contributed by atoms with van der Waals surface area (Å²) in [5.41, 5.74) is -1.86. The second kappa shape index (κ2) is 4.29. The van der Waals surface area contributed by atoms with Crippen molar-refractivity contribution in [3.8, 4) is 0 Å². The van der Waals surface area contributed by atoms with Gasteiger partial charge in [-0.25, -0.2) is 9.59 Å². The van der Waals surface area contributed by atoms with Gasteiger partial charge in [-0.05, 0) is 33.7 Å². The minimum atomic E-state index is -1.23. The van der Waals surface area contributed by atoms with E-state index in [1.807, 2.05) is 0 Å². The van der Waals surface area contributed by atoms with Gasteiger partial charge in [-0.15, -0.1) is 0 Å². The van der Waals surface area contributed by atoms with Crippen LogP contribution in [0.3, 0.4) is 0 Å². The van der Waals surface area contributed by atoms with E-state index >= 15 is 0 Å². The molecule has 92 valence electrons. The minimum Gasteiger partial charge on any atom is -0.479 e. The number of carbonyl (C=O) groups excluding carboxylic acids is 1. The molecule has 0 aromatic heterocycles. The monoisotopic (exact) mass is 230 g/mol. The number of carboxylic acid groups (broad SMARTS) is 1. The van der Waals surface area contributed by atoms with Crippen LogP contribution in [0.4, 0.5) is 4.79 Å². The molecular formula is C10H18N2O4. The molecule has 0 spiro atoms. The lowest BCUT2D eigenvalue weighted by Crippen LogP contribution is -2.56. The van der Waals surface area contributed by atoms with Gasteiger partial charge in [0.2, 0.25) is 0 Å². The Morgan fingerprint density at radius 1 is 1.44 bits per heavy atom. The summed E-state index contributed by atoms with van der Waals surface area (Å²) in [5, 5.41) is 14.4. The third kappa shape index (κ3) is 3.10. The Labute approximate surface area is 94.3 Å². The molecule has 1 heterocycles. The topological polar surface area (TPSA) is 87.7 Å². The van der Waals surface area contributed by atoms with Crippen molar-refractivity contribution in [2.24, 2.45) is 0 Å². The van der Waals surface area contributed by atoms with Gasteiger partial charge < -0.3 is 20.5 Å². The Morgan fingerprint density at radius 2 is 2.06 bits per heavy atom. The number of hydrogen-bond donors (Lipinski definition) is 3. The predicted octanol–water partition coefficient (Wildman–Crippen LogP) is 0.328. The molecule has 3 N–H and O–H groups in total. The third-order valence-electron chi connectivity index (χ3n) is 2.30. The molecule has 1 aliphatic heterocycles. The fourth-order valence-corrected chi connectivity index (χ4v) is 1.53. The van der Waals surface area contributed by atoms with Gasteiger partial charge in [-0.2, -0.15) is 0 Å². The maximum atomic E-state index is 11.5. The molecule has 1 aliphatic rings. The lowest BCUT2D eigenvalue weighted by Gasteiger charge is -2.27. The first-order valence-corrected chi connectivity index (χ1v) is 5.20. The van der Waals surface area contributed by atoms with Crippen molar-refractivity contribution in [1.82, 2.24) is 10.6 Å². The van der Waals surface area contributed by atoms with Crippen LogP contribution in [-0.4, -0.2) is 41.4 Å². The van der Waals surface area contributed by atoms with Gasteiger partial charge in [0.15, 0.2) is 5.54 Å². The number of rotatable bonds is 2. The number of carboxylic acids is 1. The molecule has 0 bridgehead atoms. The molecule has 0 aliphatic carbocycles. The largest absolute Gasteiger partial charge is 0.479 e. The van der Waals surface area contributed by atoms with Crippen LogP contribution >= 0.6 is 0 Å². The van der Waals surface area contributed by atoms with Gasteiger partial charge in [0.25, 0.3) is 0 Å². The van der Waals surface area contributed by atoms with E-state index in [2.05, 4.69) is 10.6 Å². The molecule has 6 heteroatoms. The Morgan fingerprint density at radius 3 is 2.44 bits per heavy atom. The molecule has 0 unspecified atom stereocenters. The highest BCUT2D eigenvalue weighted by molar-refractivity contribution is 5.85. The molecule has 1 amide bonds. The van der Waals surface area contributed by atoms with Crippen LogP contribution in [0.2, 0.25) is 0 Å². The number of alkyl carbamates (subject to hydrolysis) is 1. The van der Waals surface area contributed by atoms with Gasteiger partial charge in [-0.1, -0.05) is 0 Å². The second-order valence-electron chi connectivity index (χ2n) is 4.94. The number of hydrogen-bond acceptors (Lipinski definition) is 4. The van der Waals surface area contributed by atoms with E-state index < -0.39 is 23.2 Å². The Bertz CT molecular complexity index is 290. The van der Waals surface area contributed by atoms with Crippen molar-refractivity contribution >= 4 is 12.1 Å². The standard InChI is InChI=1S/C10H18N2O4/c1-9(2,3)16-8(15)12-10(7(13)14)4-5-11-6-10/h11H,4-6H2,1-3H3,(H,12,15)(H,13,14)/t10-/m1/s1. The van der Waals surface area contributed by atoms with Gasteiger partial charge in [0.1, 0.15) is 5.60 Å². The summed E-state index contributed by atoms with van der Waals surface area (Å²) in [6.45, 7) is 5.98. The maximum Gasteiger partial charge on any atom is 0.408 e. The van der Waals surface area contributed by atoms with E-state index in [0.29, 0.717) is 13.0 Å². The van der Waals surface area contributed by atoms with Crippen molar-refractivity contribution in [2.45, 2.75) is 38.3 Å². The molecule has 0 aromatic carbocycles. The highest BCUT2D eigenvalue weighted by Gasteiger charge is 2.43. The average Bonchev–Trinajstić information content (AvgIpc) is 2.49. The number of aliphatic carboxylic acids is 1. The Kier molecular flexibility index (Phi) is 3.42. The zero-order valence-corrected chi connectivity index (χ0v) is 9.79.